The van der Waals surface area contributed by atoms with Crippen LogP contribution in [-0.2, 0) is 22.7 Å². The van der Waals surface area contributed by atoms with E-state index in [-0.39, 0.29) is 72.6 Å². The monoisotopic (exact) mass is 632 g/mol. The predicted octanol–water partition coefficient (Wildman–Crippen LogP) is 5.26. The first-order valence-electron chi connectivity index (χ1n) is 14.4. The van der Waals surface area contributed by atoms with Crippen LogP contribution in [0.1, 0.15) is 55.8 Å². The highest BCUT2D eigenvalue weighted by atomic mass is 19.1. The summed E-state index contributed by atoms with van der Waals surface area (Å²) in [5, 5.41) is 11.2. The molecule has 4 aromatic carbocycles. The molecule has 0 spiro atoms. The van der Waals surface area contributed by atoms with Gasteiger partial charge in [0.25, 0.3) is 0 Å². The highest BCUT2D eigenvalue weighted by Gasteiger charge is 2.34. The zero-order valence-corrected chi connectivity index (χ0v) is 24.3. The molecule has 0 heterocycles. The van der Waals surface area contributed by atoms with Crippen molar-refractivity contribution in [2.24, 2.45) is 0 Å². The normalized spacial score (nSPS) is 12.0. The Bertz CT molecular complexity index is 1680. The first-order valence-corrected chi connectivity index (χ1v) is 14.4. The van der Waals surface area contributed by atoms with Crippen molar-refractivity contribution in [3.8, 4) is 0 Å². The summed E-state index contributed by atoms with van der Waals surface area (Å²) in [7, 11) is 0. The van der Waals surface area contributed by atoms with E-state index in [2.05, 4.69) is 21.3 Å². The van der Waals surface area contributed by atoms with Gasteiger partial charge in [0.15, 0.2) is 11.6 Å². The van der Waals surface area contributed by atoms with Crippen LogP contribution in [-0.4, -0.2) is 36.5 Å². The number of hydrogen-bond donors (Lipinski definition) is 4. The summed E-state index contributed by atoms with van der Waals surface area (Å²) in [5.41, 5.74) is 1.17. The third-order valence-corrected chi connectivity index (χ3v) is 7.18. The van der Waals surface area contributed by atoms with Crippen LogP contribution in [0.2, 0.25) is 0 Å². The molecule has 12 heteroatoms. The molecular formula is C34H28F4N4O4. The van der Waals surface area contributed by atoms with Gasteiger partial charge in [-0.05, 0) is 47.5 Å². The van der Waals surface area contributed by atoms with E-state index in [4.69, 9.17) is 0 Å². The van der Waals surface area contributed by atoms with Crippen molar-refractivity contribution in [3.05, 3.63) is 129 Å². The number of fused-ring (bicyclic) bond motifs is 2. The fraction of sp³-hybridized carbons (Fsp3) is 0.176. The third kappa shape index (κ3) is 7.71. The number of carbonyl (C=O) groups is 4. The molecule has 0 atom stereocenters. The molecule has 46 heavy (non-hydrogen) atoms. The Labute approximate surface area is 261 Å². The molecule has 2 amide bonds. The van der Waals surface area contributed by atoms with Gasteiger partial charge < -0.3 is 21.3 Å². The van der Waals surface area contributed by atoms with Crippen molar-refractivity contribution >= 4 is 34.8 Å². The Kier molecular flexibility index (Phi) is 9.99. The summed E-state index contributed by atoms with van der Waals surface area (Å²) in [6.07, 6.45) is -0.0760. The number of halogens is 4. The second-order valence-corrected chi connectivity index (χ2v) is 10.6. The van der Waals surface area contributed by atoms with Crippen molar-refractivity contribution in [2.45, 2.75) is 25.9 Å². The molecule has 0 fully saturated rings. The van der Waals surface area contributed by atoms with Gasteiger partial charge in [0.1, 0.15) is 23.3 Å². The van der Waals surface area contributed by atoms with E-state index in [1.54, 1.807) is 0 Å². The summed E-state index contributed by atoms with van der Waals surface area (Å²) in [5.74, 6) is -4.78. The lowest BCUT2D eigenvalue weighted by Gasteiger charge is -2.22. The van der Waals surface area contributed by atoms with E-state index >= 15 is 0 Å². The first-order chi connectivity index (χ1) is 22.1. The van der Waals surface area contributed by atoms with E-state index in [0.29, 0.717) is 11.1 Å². The lowest BCUT2D eigenvalue weighted by atomic mass is 9.82. The summed E-state index contributed by atoms with van der Waals surface area (Å²) < 4.78 is 53.6. The molecule has 1 aliphatic carbocycles. The van der Waals surface area contributed by atoms with Crippen molar-refractivity contribution < 1.29 is 36.7 Å². The molecule has 0 saturated carbocycles. The van der Waals surface area contributed by atoms with Gasteiger partial charge in [0.05, 0.1) is 22.5 Å². The van der Waals surface area contributed by atoms with Gasteiger partial charge in [0, 0.05) is 62.3 Å². The Morgan fingerprint density at radius 2 is 0.935 bits per heavy atom. The number of nitrogens with one attached hydrogen (secondary N) is 4. The van der Waals surface area contributed by atoms with Crippen LogP contribution in [0, 0.1) is 23.3 Å². The maximum atomic E-state index is 13.8. The molecule has 4 N–H and O–H groups in total. The minimum absolute atomic E-state index is 0.0118. The van der Waals surface area contributed by atoms with Gasteiger partial charge >= 0.3 is 0 Å². The number of ketones is 2. The zero-order valence-electron chi connectivity index (χ0n) is 24.3. The van der Waals surface area contributed by atoms with Gasteiger partial charge in [0.2, 0.25) is 11.8 Å². The fourth-order valence-corrected chi connectivity index (χ4v) is 5.17. The molecule has 0 radical (unpaired) electrons. The van der Waals surface area contributed by atoms with Crippen molar-refractivity contribution in [3.63, 3.8) is 0 Å². The maximum Gasteiger partial charge on any atom is 0.225 e. The van der Waals surface area contributed by atoms with E-state index in [0.717, 1.165) is 12.1 Å². The highest BCUT2D eigenvalue weighted by molar-refractivity contribution is 6.32. The molecule has 5 rings (SSSR count). The average Bonchev–Trinajstić information content (AvgIpc) is 2.99. The highest BCUT2D eigenvalue weighted by Crippen LogP contribution is 2.35. The molecule has 0 aliphatic heterocycles. The lowest BCUT2D eigenvalue weighted by molar-refractivity contribution is -0.116. The van der Waals surface area contributed by atoms with Gasteiger partial charge in [-0.3, -0.25) is 19.2 Å². The Morgan fingerprint density at radius 1 is 0.543 bits per heavy atom. The molecule has 0 bridgehead atoms. The van der Waals surface area contributed by atoms with Gasteiger partial charge in [-0.15, -0.1) is 0 Å². The molecule has 8 nitrogen and oxygen atoms in total. The number of carbonyl (C=O) groups excluding carboxylic acids is 4. The number of hydrogen-bond acceptors (Lipinski definition) is 6. The molecule has 1 aliphatic rings. The lowest BCUT2D eigenvalue weighted by Crippen LogP contribution is -2.27. The molecule has 0 unspecified atom stereocenters. The quantitative estimate of drug-likeness (QED) is 0.110. The summed E-state index contributed by atoms with van der Waals surface area (Å²) in [4.78, 5) is 52.7. The second kappa shape index (κ2) is 14.3. The standard InChI is InChI=1S/C34H28F4N4O4/c35-21-11-19(12-22(36)15-21)17-39-9-7-29(43)41-27-5-1-3-25-31(27)34(46)32-26(33(25)45)4-2-6-28(32)42-30(44)8-10-40-18-20-13-23(37)16-24(38)14-20/h1-6,11-16,39-40H,7-10,17-18H2,(H,41,43)(H,42,44). The second-order valence-electron chi connectivity index (χ2n) is 10.6. The average molecular weight is 633 g/mol. The van der Waals surface area contributed by atoms with Crippen molar-refractivity contribution in [1.29, 1.82) is 0 Å². The van der Waals surface area contributed by atoms with Crippen LogP contribution >= 0.6 is 0 Å². The Balaban J connectivity index is 1.22. The number of benzene rings is 4. The molecule has 236 valence electrons. The van der Waals surface area contributed by atoms with Crippen LogP contribution in [0.3, 0.4) is 0 Å². The van der Waals surface area contributed by atoms with E-state index < -0.39 is 46.6 Å². The summed E-state index contributed by atoms with van der Waals surface area (Å²) >= 11 is 0. The topological polar surface area (TPSA) is 116 Å². The van der Waals surface area contributed by atoms with Gasteiger partial charge in [-0.2, -0.15) is 0 Å². The molecule has 4 aromatic rings. The summed E-state index contributed by atoms with van der Waals surface area (Å²) in [6.45, 7) is 0.589. The number of amides is 2. The molecular weight excluding hydrogens is 604 g/mol. The minimum Gasteiger partial charge on any atom is -0.325 e. The SMILES string of the molecule is O=C(CCNCc1cc(F)cc(F)c1)Nc1cccc2c1C(=O)c1c(NC(=O)CCNCc3cc(F)cc(F)c3)cccc1C2=O. The minimum atomic E-state index is -0.708. The largest absolute Gasteiger partial charge is 0.325 e. The van der Waals surface area contributed by atoms with Crippen LogP contribution < -0.4 is 21.3 Å². The van der Waals surface area contributed by atoms with E-state index in [1.807, 2.05) is 0 Å². The zero-order chi connectivity index (χ0) is 32.8. The van der Waals surface area contributed by atoms with Crippen LogP contribution in [0.15, 0.2) is 72.8 Å². The summed E-state index contributed by atoms with van der Waals surface area (Å²) in [6, 6.07) is 15.3. The van der Waals surface area contributed by atoms with Crippen LogP contribution in [0.25, 0.3) is 0 Å². The van der Waals surface area contributed by atoms with Crippen LogP contribution in [0.5, 0.6) is 0 Å². The van der Waals surface area contributed by atoms with Crippen molar-refractivity contribution in [1.82, 2.24) is 10.6 Å². The van der Waals surface area contributed by atoms with Gasteiger partial charge in [-0.25, -0.2) is 17.6 Å². The first kappa shape index (κ1) is 32.2. The number of anilines is 2. The Hall–Kier alpha value is -5.20. The molecule has 0 saturated heterocycles. The Morgan fingerprint density at radius 3 is 1.33 bits per heavy atom. The molecule has 0 aromatic heterocycles. The van der Waals surface area contributed by atoms with Crippen molar-refractivity contribution in [2.75, 3.05) is 23.7 Å². The van der Waals surface area contributed by atoms with E-state index in [1.165, 1.54) is 60.7 Å². The third-order valence-electron chi connectivity index (χ3n) is 7.18. The van der Waals surface area contributed by atoms with Gasteiger partial charge in [-0.1, -0.05) is 24.3 Å². The van der Waals surface area contributed by atoms with E-state index in [9.17, 15) is 36.7 Å². The van der Waals surface area contributed by atoms with Crippen LogP contribution in [0.4, 0.5) is 28.9 Å². The predicted molar refractivity (Wildman–Crippen MR) is 162 cm³/mol. The smallest absolute Gasteiger partial charge is 0.225 e. The number of rotatable bonds is 12. The maximum absolute atomic E-state index is 13.8. The fourth-order valence-electron chi connectivity index (χ4n) is 5.17.